The van der Waals surface area contributed by atoms with Gasteiger partial charge in [0.25, 0.3) is 0 Å². The number of carbonyl (C=O) groups is 5. The zero-order valence-corrected chi connectivity index (χ0v) is 39.1. The highest BCUT2D eigenvalue weighted by Gasteiger charge is 2.42. The number of thiazole rings is 2. The fourth-order valence-corrected chi connectivity index (χ4v) is 11.4. The second kappa shape index (κ2) is 22.5. The fourth-order valence-electron chi connectivity index (χ4n) is 7.51. The smallest absolute Gasteiger partial charge is 0.246 e. The van der Waals surface area contributed by atoms with Crippen molar-refractivity contribution in [3.63, 3.8) is 0 Å². The third kappa shape index (κ3) is 12.9. The molecule has 2 aliphatic heterocycles. The van der Waals surface area contributed by atoms with Crippen LogP contribution in [0.1, 0.15) is 62.0 Å². The normalized spacial score (nSPS) is 19.6. The molecule has 338 valence electrons. The number of benzene rings is 2. The molecule has 0 aliphatic carbocycles. The lowest BCUT2D eigenvalue weighted by Gasteiger charge is -2.29. The Morgan fingerprint density at radius 1 is 0.746 bits per heavy atom. The van der Waals surface area contributed by atoms with Gasteiger partial charge in [0, 0.05) is 56.9 Å². The van der Waals surface area contributed by atoms with Gasteiger partial charge < -0.3 is 41.7 Å². The Hall–Kier alpha value is -4.37. The highest BCUT2D eigenvalue weighted by Crippen LogP contribution is 2.30. The van der Waals surface area contributed by atoms with Crippen molar-refractivity contribution in [1.29, 1.82) is 0 Å². The summed E-state index contributed by atoms with van der Waals surface area (Å²) in [4.78, 5) is 81.1. The highest BCUT2D eigenvalue weighted by molar-refractivity contribution is 8.76. The van der Waals surface area contributed by atoms with Crippen LogP contribution < -0.4 is 21.7 Å². The monoisotopic (exact) mass is 936 g/mol. The lowest BCUT2D eigenvalue weighted by molar-refractivity contribution is -0.141. The maximum atomic E-state index is 14.1. The van der Waals surface area contributed by atoms with Crippen molar-refractivity contribution in [1.82, 2.24) is 35.7 Å². The fraction of sp³-hybridized carbons (Fsp3) is 0.477. The molecule has 15 nitrogen and oxygen atoms in total. The number of amides is 5. The predicted octanol–water partition coefficient (Wildman–Crippen LogP) is 4.04. The molecule has 4 aromatic rings. The first-order valence-corrected chi connectivity index (χ1v) is 25.2. The number of carbonyl (C=O) groups excluding carboxylic acids is 5. The van der Waals surface area contributed by atoms with Crippen molar-refractivity contribution in [2.45, 2.75) is 103 Å². The number of likely N-dealkylation sites (tertiary alicyclic amines) is 2. The molecule has 6 atom stereocenters. The van der Waals surface area contributed by atoms with Crippen molar-refractivity contribution in [2.75, 3.05) is 24.6 Å². The van der Waals surface area contributed by atoms with Crippen molar-refractivity contribution >= 4 is 73.8 Å². The zero-order valence-electron chi connectivity index (χ0n) is 35.8. The second-order valence-electron chi connectivity index (χ2n) is 16.4. The van der Waals surface area contributed by atoms with Crippen LogP contribution >= 0.6 is 44.3 Å². The molecule has 19 heteroatoms. The summed E-state index contributed by atoms with van der Waals surface area (Å²) in [5, 5.41) is 29.8. The van der Waals surface area contributed by atoms with Crippen LogP contribution in [0.3, 0.4) is 0 Å². The SMILES string of the molecule is Cc1ncsc1-c1ccc(CNC(=O)[C@H]2C[C@H](O)CN2C(=O)[C@H](N)CSSC[C@H](NC(=O)CCC(C)C)C(=O)N2C[C@H](O)C[C@H]2C(=O)NCc2ccc(-c3scnc3C)cc2)cc1. The van der Waals surface area contributed by atoms with Crippen molar-refractivity contribution < 1.29 is 34.2 Å². The Morgan fingerprint density at radius 3 is 1.65 bits per heavy atom. The summed E-state index contributed by atoms with van der Waals surface area (Å²) in [6.07, 6.45) is -0.833. The largest absolute Gasteiger partial charge is 0.391 e. The van der Waals surface area contributed by atoms with Gasteiger partial charge in [0.15, 0.2) is 0 Å². The van der Waals surface area contributed by atoms with Crippen LogP contribution in [0.15, 0.2) is 59.6 Å². The summed E-state index contributed by atoms with van der Waals surface area (Å²) < 4.78 is 0. The number of rotatable bonds is 19. The lowest BCUT2D eigenvalue weighted by atomic mass is 10.1. The van der Waals surface area contributed by atoms with E-state index < -0.39 is 54.1 Å². The summed E-state index contributed by atoms with van der Waals surface area (Å²) in [5.74, 6) is -1.59. The number of hydrogen-bond donors (Lipinski definition) is 6. The van der Waals surface area contributed by atoms with Gasteiger partial charge in [0.1, 0.15) is 18.1 Å². The maximum Gasteiger partial charge on any atom is 0.246 e. The molecule has 2 fully saturated rings. The quantitative estimate of drug-likeness (QED) is 0.0580. The molecular weight excluding hydrogens is 881 g/mol. The van der Waals surface area contributed by atoms with E-state index in [2.05, 4.69) is 25.9 Å². The summed E-state index contributed by atoms with van der Waals surface area (Å²) in [7, 11) is 2.48. The van der Waals surface area contributed by atoms with Crippen LogP contribution in [0, 0.1) is 19.8 Å². The van der Waals surface area contributed by atoms with Gasteiger partial charge in [-0.25, -0.2) is 9.97 Å². The number of aliphatic hydroxyl groups is 2. The molecule has 0 saturated carbocycles. The second-order valence-corrected chi connectivity index (χ2v) is 20.6. The molecule has 5 amide bonds. The predicted molar refractivity (Wildman–Crippen MR) is 249 cm³/mol. The molecule has 0 spiro atoms. The van der Waals surface area contributed by atoms with Gasteiger partial charge in [-0.3, -0.25) is 24.0 Å². The number of aryl methyl sites for hydroxylation is 2. The average molecular weight is 937 g/mol. The van der Waals surface area contributed by atoms with Crippen molar-refractivity contribution in [3.8, 4) is 20.9 Å². The van der Waals surface area contributed by atoms with Gasteiger partial charge in [-0.2, -0.15) is 0 Å². The molecule has 2 aromatic heterocycles. The maximum absolute atomic E-state index is 14.1. The molecule has 4 heterocycles. The van der Waals surface area contributed by atoms with Crippen molar-refractivity contribution in [3.05, 3.63) is 82.1 Å². The van der Waals surface area contributed by atoms with Gasteiger partial charge in [-0.1, -0.05) is 84.0 Å². The first kappa shape index (κ1) is 48.1. The lowest BCUT2D eigenvalue weighted by Crippen LogP contribution is -2.54. The average Bonchev–Trinajstić information content (AvgIpc) is 4.09. The van der Waals surface area contributed by atoms with E-state index >= 15 is 0 Å². The van der Waals surface area contributed by atoms with Gasteiger partial charge >= 0.3 is 0 Å². The van der Waals surface area contributed by atoms with Crippen LogP contribution in [0.2, 0.25) is 0 Å². The van der Waals surface area contributed by atoms with Gasteiger partial charge in [-0.15, -0.1) is 22.7 Å². The number of β-amino-alcohol motifs (C(OH)–C–C–N with tert-alkyl or cyclic N) is 2. The van der Waals surface area contributed by atoms with E-state index in [9.17, 15) is 34.2 Å². The van der Waals surface area contributed by atoms with Gasteiger partial charge in [0.2, 0.25) is 29.5 Å². The first-order valence-electron chi connectivity index (χ1n) is 21.0. The van der Waals surface area contributed by atoms with Crippen LogP contribution in [0.4, 0.5) is 0 Å². The van der Waals surface area contributed by atoms with E-state index in [-0.39, 0.29) is 74.7 Å². The molecule has 2 saturated heterocycles. The molecule has 63 heavy (non-hydrogen) atoms. The van der Waals surface area contributed by atoms with Crippen molar-refractivity contribution in [2.24, 2.45) is 11.7 Å². The van der Waals surface area contributed by atoms with E-state index in [1.807, 2.05) is 76.2 Å². The Balaban J connectivity index is 1.01. The summed E-state index contributed by atoms with van der Waals surface area (Å²) >= 11 is 3.12. The molecule has 6 rings (SSSR count). The van der Waals surface area contributed by atoms with E-state index in [4.69, 9.17) is 5.73 Å². The van der Waals surface area contributed by atoms with Crippen LogP contribution in [0.25, 0.3) is 20.9 Å². The molecule has 0 radical (unpaired) electrons. The summed E-state index contributed by atoms with van der Waals surface area (Å²) in [6, 6.07) is 11.7. The molecular formula is C44H56N8O7S4. The van der Waals surface area contributed by atoms with Crippen LogP contribution in [-0.2, 0) is 37.1 Å². The number of nitrogens with one attached hydrogen (secondary N) is 3. The van der Waals surface area contributed by atoms with Crippen LogP contribution in [0.5, 0.6) is 0 Å². The molecule has 0 unspecified atom stereocenters. The Labute approximate surface area is 383 Å². The number of aliphatic hydroxyl groups excluding tert-OH is 2. The third-order valence-corrected chi connectivity index (χ3v) is 15.5. The standard InChI is InChI=1S/C44H56N8O7S4/c1-25(2)5-14-38(55)50-35(44(59)52-20-33(54)16-37(52)42(57)47-18-29-8-12-31(13-9-29)40-27(4)49-24-61-40)22-63-62-21-34(45)43(58)51-19-32(53)15-36(51)41(56)46-17-28-6-10-30(11-7-28)39-26(3)48-23-60-39/h6-13,23-25,32-37,53-54H,5,14-22,45H2,1-4H3,(H,46,56)(H,47,57)(H,50,55)/t32-,33+,34+,35-,36+,37-/m0/s1. The molecule has 2 aromatic carbocycles. The van der Waals surface area contributed by atoms with E-state index in [1.54, 1.807) is 33.7 Å². The Morgan fingerprint density at radius 2 is 1.21 bits per heavy atom. The van der Waals surface area contributed by atoms with Crippen LogP contribution in [-0.4, -0.2) is 120 Å². The Kier molecular flexibility index (Phi) is 17.2. The topological polar surface area (TPSA) is 220 Å². The van der Waals surface area contributed by atoms with Gasteiger partial charge in [-0.05, 0) is 48.4 Å². The van der Waals surface area contributed by atoms with Gasteiger partial charge in [0.05, 0.1) is 50.4 Å². The first-order chi connectivity index (χ1) is 30.2. The minimum atomic E-state index is -1.02. The highest BCUT2D eigenvalue weighted by atomic mass is 33.1. The summed E-state index contributed by atoms with van der Waals surface area (Å²) in [5.41, 5.74) is 15.7. The van der Waals surface area contributed by atoms with E-state index in [1.165, 1.54) is 31.4 Å². The molecule has 0 bridgehead atoms. The number of nitrogens with zero attached hydrogens (tertiary/aromatic N) is 4. The summed E-state index contributed by atoms with van der Waals surface area (Å²) in [6.45, 7) is 8.29. The molecule has 2 aliphatic rings. The number of hydrogen-bond acceptors (Lipinski definition) is 14. The third-order valence-electron chi connectivity index (χ3n) is 11.1. The minimum Gasteiger partial charge on any atom is -0.391 e. The zero-order chi connectivity index (χ0) is 45.2. The molecule has 7 N–H and O–H groups in total. The van der Waals surface area contributed by atoms with E-state index in [0.29, 0.717) is 6.42 Å². The number of aromatic nitrogens is 2. The van der Waals surface area contributed by atoms with E-state index in [0.717, 1.165) is 43.4 Å². The number of nitrogens with two attached hydrogens (primary N) is 1. The minimum absolute atomic E-state index is 0.0275. The Bertz CT molecular complexity index is 2200.